The third-order valence-electron chi connectivity index (χ3n) is 3.12. The molecule has 0 fully saturated rings. The summed E-state index contributed by atoms with van der Waals surface area (Å²) in [4.78, 5) is 16.3. The van der Waals surface area contributed by atoms with Crippen molar-refractivity contribution in [3.63, 3.8) is 0 Å². The summed E-state index contributed by atoms with van der Waals surface area (Å²) < 4.78 is 1.78. The highest BCUT2D eigenvalue weighted by Gasteiger charge is 2.21. The van der Waals surface area contributed by atoms with Crippen molar-refractivity contribution in [2.24, 2.45) is 0 Å². The van der Waals surface area contributed by atoms with Gasteiger partial charge in [0.05, 0.1) is 12.9 Å². The van der Waals surface area contributed by atoms with Gasteiger partial charge in [0, 0.05) is 24.9 Å². The third kappa shape index (κ3) is 3.68. The van der Waals surface area contributed by atoms with Gasteiger partial charge in [-0.05, 0) is 12.5 Å². The Kier molecular flexibility index (Phi) is 4.90. The van der Waals surface area contributed by atoms with E-state index in [2.05, 4.69) is 10.3 Å². The standard InChI is InChI=1S/C15H19N3O2/c1-12(10-19)17-15(20)14(18-8-7-16-11-18)9-13-5-3-2-4-6-13/h2-8,11-12,14,19H,9-10H2,1H3,(H,17,20). The fourth-order valence-electron chi connectivity index (χ4n) is 2.01. The van der Waals surface area contributed by atoms with Crippen molar-refractivity contribution >= 4 is 5.91 Å². The minimum Gasteiger partial charge on any atom is -0.394 e. The lowest BCUT2D eigenvalue weighted by Gasteiger charge is -2.20. The molecule has 0 radical (unpaired) electrons. The molecular formula is C15H19N3O2. The number of aromatic nitrogens is 2. The van der Waals surface area contributed by atoms with Crippen molar-refractivity contribution in [2.75, 3.05) is 6.61 Å². The lowest BCUT2D eigenvalue weighted by molar-refractivity contribution is -0.125. The monoisotopic (exact) mass is 273 g/mol. The summed E-state index contributed by atoms with van der Waals surface area (Å²) in [5.74, 6) is -0.117. The summed E-state index contributed by atoms with van der Waals surface area (Å²) >= 11 is 0. The molecule has 106 valence electrons. The van der Waals surface area contributed by atoms with Gasteiger partial charge in [0.25, 0.3) is 0 Å². The molecule has 0 bridgehead atoms. The molecule has 2 N–H and O–H groups in total. The highest BCUT2D eigenvalue weighted by molar-refractivity contribution is 5.80. The maximum Gasteiger partial charge on any atom is 0.243 e. The predicted molar refractivity (Wildman–Crippen MR) is 76.1 cm³/mol. The van der Waals surface area contributed by atoms with E-state index in [1.165, 1.54) is 0 Å². The van der Waals surface area contributed by atoms with Crippen LogP contribution in [0.3, 0.4) is 0 Å². The molecule has 5 heteroatoms. The van der Waals surface area contributed by atoms with Gasteiger partial charge < -0.3 is 15.0 Å². The van der Waals surface area contributed by atoms with Gasteiger partial charge in [-0.1, -0.05) is 30.3 Å². The number of imidazole rings is 1. The summed E-state index contributed by atoms with van der Waals surface area (Å²) in [6.07, 6.45) is 5.65. The third-order valence-corrected chi connectivity index (χ3v) is 3.12. The molecule has 2 rings (SSSR count). The van der Waals surface area contributed by atoms with Gasteiger partial charge in [-0.15, -0.1) is 0 Å². The zero-order valence-electron chi connectivity index (χ0n) is 11.4. The van der Waals surface area contributed by atoms with Gasteiger partial charge >= 0.3 is 0 Å². The van der Waals surface area contributed by atoms with Crippen molar-refractivity contribution in [1.29, 1.82) is 0 Å². The second-order valence-electron chi connectivity index (χ2n) is 4.81. The molecule has 0 saturated heterocycles. The van der Waals surface area contributed by atoms with E-state index in [0.29, 0.717) is 6.42 Å². The maximum atomic E-state index is 12.3. The molecule has 1 aromatic carbocycles. The van der Waals surface area contributed by atoms with Crippen LogP contribution in [0.4, 0.5) is 0 Å². The molecule has 20 heavy (non-hydrogen) atoms. The van der Waals surface area contributed by atoms with Crippen LogP contribution in [-0.4, -0.2) is 33.2 Å². The number of benzene rings is 1. The summed E-state index contributed by atoms with van der Waals surface area (Å²) in [5.41, 5.74) is 1.08. The van der Waals surface area contributed by atoms with Crippen LogP contribution in [0.1, 0.15) is 18.5 Å². The molecule has 0 aliphatic carbocycles. The molecule has 2 atom stereocenters. The summed E-state index contributed by atoms with van der Waals surface area (Å²) in [6.45, 7) is 1.69. The number of nitrogens with one attached hydrogen (secondary N) is 1. The van der Waals surface area contributed by atoms with Crippen LogP contribution in [0.5, 0.6) is 0 Å². The average Bonchev–Trinajstić information content (AvgIpc) is 2.99. The summed E-state index contributed by atoms with van der Waals surface area (Å²) in [6, 6.07) is 9.21. The molecule has 0 aliphatic rings. The van der Waals surface area contributed by atoms with E-state index in [1.54, 1.807) is 30.2 Å². The Bertz CT molecular complexity index is 525. The number of rotatable bonds is 6. The summed E-state index contributed by atoms with van der Waals surface area (Å²) in [7, 11) is 0. The fourth-order valence-corrected chi connectivity index (χ4v) is 2.01. The van der Waals surface area contributed by atoms with Crippen LogP contribution in [0.25, 0.3) is 0 Å². The van der Waals surface area contributed by atoms with E-state index >= 15 is 0 Å². The number of hydrogen-bond donors (Lipinski definition) is 2. The smallest absolute Gasteiger partial charge is 0.243 e. The topological polar surface area (TPSA) is 67.2 Å². The number of nitrogens with zero attached hydrogens (tertiary/aromatic N) is 2. The number of aliphatic hydroxyl groups excluding tert-OH is 1. The lowest BCUT2D eigenvalue weighted by atomic mass is 10.0. The largest absolute Gasteiger partial charge is 0.394 e. The molecule has 1 aromatic heterocycles. The van der Waals surface area contributed by atoms with Crippen molar-refractivity contribution < 1.29 is 9.90 Å². The van der Waals surface area contributed by atoms with E-state index in [4.69, 9.17) is 5.11 Å². The normalized spacial score (nSPS) is 13.7. The quantitative estimate of drug-likeness (QED) is 0.830. The first-order valence-electron chi connectivity index (χ1n) is 6.63. The zero-order valence-corrected chi connectivity index (χ0v) is 11.4. The Morgan fingerprint density at radius 3 is 2.75 bits per heavy atom. The number of amides is 1. The van der Waals surface area contributed by atoms with E-state index < -0.39 is 0 Å². The van der Waals surface area contributed by atoms with E-state index in [1.807, 2.05) is 30.3 Å². The van der Waals surface area contributed by atoms with Gasteiger partial charge in [0.15, 0.2) is 0 Å². The van der Waals surface area contributed by atoms with Crippen LogP contribution in [0, 0.1) is 0 Å². The molecule has 1 amide bonds. The maximum absolute atomic E-state index is 12.3. The molecule has 1 heterocycles. The summed E-state index contributed by atoms with van der Waals surface area (Å²) in [5, 5.41) is 11.9. The first kappa shape index (κ1) is 14.3. The van der Waals surface area contributed by atoms with Gasteiger partial charge in [0.1, 0.15) is 6.04 Å². The SMILES string of the molecule is CC(CO)NC(=O)C(Cc1ccccc1)n1ccnc1. The molecule has 2 unspecified atom stereocenters. The van der Waals surface area contributed by atoms with Gasteiger partial charge in [0.2, 0.25) is 5.91 Å². The van der Waals surface area contributed by atoms with Crippen molar-refractivity contribution in [1.82, 2.24) is 14.9 Å². The molecule has 0 aliphatic heterocycles. The Morgan fingerprint density at radius 2 is 2.15 bits per heavy atom. The Morgan fingerprint density at radius 1 is 1.40 bits per heavy atom. The van der Waals surface area contributed by atoms with Crippen molar-refractivity contribution in [2.45, 2.75) is 25.4 Å². The predicted octanol–water partition coefficient (Wildman–Crippen LogP) is 1.16. The van der Waals surface area contributed by atoms with E-state index in [9.17, 15) is 4.79 Å². The number of carbonyl (C=O) groups excluding carboxylic acids is 1. The van der Waals surface area contributed by atoms with Crippen LogP contribution in [-0.2, 0) is 11.2 Å². The van der Waals surface area contributed by atoms with Gasteiger partial charge in [-0.3, -0.25) is 4.79 Å². The van der Waals surface area contributed by atoms with E-state index in [0.717, 1.165) is 5.56 Å². The zero-order chi connectivity index (χ0) is 14.4. The molecule has 5 nitrogen and oxygen atoms in total. The molecule has 0 spiro atoms. The number of hydrogen-bond acceptors (Lipinski definition) is 3. The Balaban J connectivity index is 2.15. The first-order chi connectivity index (χ1) is 9.70. The Hall–Kier alpha value is -2.14. The fraction of sp³-hybridized carbons (Fsp3) is 0.333. The average molecular weight is 273 g/mol. The minimum atomic E-state index is -0.367. The second kappa shape index (κ2) is 6.86. The van der Waals surface area contributed by atoms with E-state index in [-0.39, 0.29) is 24.6 Å². The second-order valence-corrected chi connectivity index (χ2v) is 4.81. The van der Waals surface area contributed by atoms with Crippen LogP contribution >= 0.6 is 0 Å². The van der Waals surface area contributed by atoms with Crippen LogP contribution < -0.4 is 5.32 Å². The van der Waals surface area contributed by atoms with Crippen molar-refractivity contribution in [3.05, 3.63) is 54.6 Å². The minimum absolute atomic E-state index is 0.0757. The van der Waals surface area contributed by atoms with Gasteiger partial charge in [-0.2, -0.15) is 0 Å². The highest BCUT2D eigenvalue weighted by atomic mass is 16.3. The lowest BCUT2D eigenvalue weighted by Crippen LogP contribution is -2.40. The van der Waals surface area contributed by atoms with Crippen LogP contribution in [0.2, 0.25) is 0 Å². The molecular weight excluding hydrogens is 254 g/mol. The van der Waals surface area contributed by atoms with Gasteiger partial charge in [-0.25, -0.2) is 4.98 Å². The molecule has 0 saturated carbocycles. The van der Waals surface area contributed by atoms with Crippen molar-refractivity contribution in [3.8, 4) is 0 Å². The Labute approximate surface area is 118 Å². The molecule has 2 aromatic rings. The number of carbonyl (C=O) groups is 1. The first-order valence-corrected chi connectivity index (χ1v) is 6.63. The number of aliphatic hydroxyl groups is 1. The highest BCUT2D eigenvalue weighted by Crippen LogP contribution is 2.14. The van der Waals surface area contributed by atoms with Crippen LogP contribution in [0.15, 0.2) is 49.1 Å².